The molecule has 2 aromatic rings. The van der Waals surface area contributed by atoms with Gasteiger partial charge in [0.25, 0.3) is 0 Å². The third-order valence-corrected chi connectivity index (χ3v) is 2.19. The smallest absolute Gasteiger partial charge is 0.220 e. The molecule has 0 N–H and O–H groups in total. The maximum atomic E-state index is 12.9. The molecule has 5 heteroatoms. The van der Waals surface area contributed by atoms with Gasteiger partial charge in [0.2, 0.25) is 5.88 Å². The van der Waals surface area contributed by atoms with E-state index in [-0.39, 0.29) is 11.6 Å². The van der Waals surface area contributed by atoms with Crippen LogP contribution in [-0.4, -0.2) is 4.98 Å². The average molecular weight is 286 g/mol. The largest absolute Gasteiger partial charge is 0.439 e. The Morgan fingerprint density at radius 1 is 1.06 bits per heavy atom. The lowest BCUT2D eigenvalue weighted by molar-refractivity contribution is 0.450. The van der Waals surface area contributed by atoms with Crippen molar-refractivity contribution in [2.24, 2.45) is 0 Å². The van der Waals surface area contributed by atoms with Gasteiger partial charge >= 0.3 is 0 Å². The molecule has 0 amide bonds. The molecule has 1 aromatic heterocycles. The van der Waals surface area contributed by atoms with Crippen molar-refractivity contribution in [3.63, 3.8) is 0 Å². The van der Waals surface area contributed by atoms with Crippen molar-refractivity contribution in [1.82, 2.24) is 4.98 Å². The fraction of sp³-hybridized carbons (Fsp3) is 0. The molecule has 82 valence electrons. The van der Waals surface area contributed by atoms with E-state index in [4.69, 9.17) is 4.74 Å². The minimum atomic E-state index is -0.690. The Hall–Kier alpha value is -1.49. The van der Waals surface area contributed by atoms with Crippen molar-refractivity contribution in [2.75, 3.05) is 0 Å². The number of nitrogens with zero attached hydrogens (tertiary/aromatic N) is 1. The van der Waals surface area contributed by atoms with Crippen LogP contribution in [0.5, 0.6) is 11.6 Å². The molecule has 1 aromatic carbocycles. The number of aromatic nitrogens is 1. The SMILES string of the molecule is Fc1cc(F)cc(Oc2cccc(Br)n2)c1. The minimum Gasteiger partial charge on any atom is -0.439 e. The Morgan fingerprint density at radius 3 is 2.38 bits per heavy atom. The molecule has 0 aliphatic rings. The standard InChI is InChI=1S/C11H6BrF2NO/c12-10-2-1-3-11(15-10)16-9-5-7(13)4-8(14)6-9/h1-6H. The van der Waals surface area contributed by atoms with Crippen molar-refractivity contribution in [3.8, 4) is 11.6 Å². The molecule has 0 saturated carbocycles. The van der Waals surface area contributed by atoms with Gasteiger partial charge in [-0.15, -0.1) is 0 Å². The van der Waals surface area contributed by atoms with Gasteiger partial charge in [-0.1, -0.05) is 6.07 Å². The van der Waals surface area contributed by atoms with Crippen LogP contribution in [0.15, 0.2) is 41.0 Å². The van der Waals surface area contributed by atoms with E-state index in [0.29, 0.717) is 4.60 Å². The van der Waals surface area contributed by atoms with Crippen molar-refractivity contribution < 1.29 is 13.5 Å². The maximum absolute atomic E-state index is 12.9. The van der Waals surface area contributed by atoms with Crippen LogP contribution in [0.4, 0.5) is 8.78 Å². The first-order chi connectivity index (χ1) is 7.63. The van der Waals surface area contributed by atoms with E-state index in [2.05, 4.69) is 20.9 Å². The van der Waals surface area contributed by atoms with Gasteiger partial charge in [-0.2, -0.15) is 0 Å². The topological polar surface area (TPSA) is 22.1 Å². The average Bonchev–Trinajstić information content (AvgIpc) is 2.15. The van der Waals surface area contributed by atoms with Gasteiger partial charge in [0, 0.05) is 24.3 Å². The van der Waals surface area contributed by atoms with E-state index in [1.807, 2.05) is 0 Å². The molecule has 0 bridgehead atoms. The van der Waals surface area contributed by atoms with Crippen molar-refractivity contribution in [3.05, 3.63) is 52.6 Å². The van der Waals surface area contributed by atoms with Crippen LogP contribution >= 0.6 is 15.9 Å². The number of pyridine rings is 1. The zero-order chi connectivity index (χ0) is 11.5. The fourth-order valence-electron chi connectivity index (χ4n) is 1.15. The van der Waals surface area contributed by atoms with Gasteiger partial charge in [-0.3, -0.25) is 0 Å². The number of ether oxygens (including phenoxy) is 1. The molecular weight excluding hydrogens is 280 g/mol. The monoisotopic (exact) mass is 285 g/mol. The lowest BCUT2D eigenvalue weighted by Gasteiger charge is -2.04. The molecule has 2 nitrogen and oxygen atoms in total. The summed E-state index contributed by atoms with van der Waals surface area (Å²) in [6, 6.07) is 7.98. The van der Waals surface area contributed by atoms with E-state index in [9.17, 15) is 8.78 Å². The molecule has 1 heterocycles. The van der Waals surface area contributed by atoms with E-state index in [0.717, 1.165) is 18.2 Å². The highest BCUT2D eigenvalue weighted by Gasteiger charge is 2.03. The highest BCUT2D eigenvalue weighted by Crippen LogP contribution is 2.22. The molecule has 0 unspecified atom stereocenters. The first kappa shape index (κ1) is 11.0. The van der Waals surface area contributed by atoms with Crippen LogP contribution in [0.1, 0.15) is 0 Å². The second-order valence-corrected chi connectivity index (χ2v) is 3.82. The van der Waals surface area contributed by atoms with Crippen molar-refractivity contribution in [1.29, 1.82) is 0 Å². The lowest BCUT2D eigenvalue weighted by Crippen LogP contribution is -1.90. The summed E-state index contributed by atoms with van der Waals surface area (Å²) in [6.45, 7) is 0. The van der Waals surface area contributed by atoms with Crippen LogP contribution in [0.25, 0.3) is 0 Å². The molecule has 0 saturated heterocycles. The summed E-state index contributed by atoms with van der Waals surface area (Å²) in [5.41, 5.74) is 0. The number of hydrogen-bond donors (Lipinski definition) is 0. The highest BCUT2D eigenvalue weighted by molar-refractivity contribution is 9.10. The third kappa shape index (κ3) is 2.76. The normalized spacial score (nSPS) is 10.2. The van der Waals surface area contributed by atoms with Gasteiger partial charge in [0.15, 0.2) is 0 Å². The van der Waals surface area contributed by atoms with E-state index < -0.39 is 11.6 Å². The second-order valence-electron chi connectivity index (χ2n) is 3.01. The molecule has 16 heavy (non-hydrogen) atoms. The van der Waals surface area contributed by atoms with Crippen LogP contribution < -0.4 is 4.74 Å². The summed E-state index contributed by atoms with van der Waals surface area (Å²) in [7, 11) is 0. The Bertz CT molecular complexity index is 499. The van der Waals surface area contributed by atoms with Crippen LogP contribution in [0.2, 0.25) is 0 Å². The zero-order valence-electron chi connectivity index (χ0n) is 7.95. The third-order valence-electron chi connectivity index (χ3n) is 1.75. The van der Waals surface area contributed by atoms with Crippen LogP contribution in [0.3, 0.4) is 0 Å². The van der Waals surface area contributed by atoms with Gasteiger partial charge in [0.05, 0.1) is 0 Å². The van der Waals surface area contributed by atoms with Gasteiger partial charge in [-0.25, -0.2) is 13.8 Å². The van der Waals surface area contributed by atoms with Crippen molar-refractivity contribution in [2.45, 2.75) is 0 Å². The Labute approximate surface area is 99.0 Å². The quantitative estimate of drug-likeness (QED) is 0.781. The summed E-state index contributed by atoms with van der Waals surface area (Å²) in [5.74, 6) is -1.04. The Morgan fingerprint density at radius 2 is 1.75 bits per heavy atom. The zero-order valence-corrected chi connectivity index (χ0v) is 9.54. The molecule has 0 aliphatic carbocycles. The summed E-state index contributed by atoms with van der Waals surface area (Å²) in [6.07, 6.45) is 0. The summed E-state index contributed by atoms with van der Waals surface area (Å²) in [4.78, 5) is 3.98. The number of benzene rings is 1. The van der Waals surface area contributed by atoms with Crippen LogP contribution in [-0.2, 0) is 0 Å². The highest BCUT2D eigenvalue weighted by atomic mass is 79.9. The van der Waals surface area contributed by atoms with Gasteiger partial charge in [0.1, 0.15) is 22.0 Å². The van der Waals surface area contributed by atoms with Gasteiger partial charge < -0.3 is 4.74 Å². The number of halogens is 3. The predicted molar refractivity (Wildman–Crippen MR) is 58.4 cm³/mol. The molecule has 0 aliphatic heterocycles. The van der Waals surface area contributed by atoms with E-state index in [1.165, 1.54) is 0 Å². The Kier molecular flexibility index (Phi) is 3.14. The summed E-state index contributed by atoms with van der Waals surface area (Å²) < 4.78 is 31.5. The van der Waals surface area contributed by atoms with Crippen LogP contribution in [0, 0.1) is 11.6 Å². The fourth-order valence-corrected chi connectivity index (χ4v) is 1.48. The van der Waals surface area contributed by atoms with Gasteiger partial charge in [-0.05, 0) is 22.0 Å². The first-order valence-electron chi connectivity index (χ1n) is 4.40. The molecule has 0 spiro atoms. The number of hydrogen-bond acceptors (Lipinski definition) is 2. The number of rotatable bonds is 2. The molecule has 0 fully saturated rings. The molecule has 2 rings (SSSR count). The maximum Gasteiger partial charge on any atom is 0.220 e. The summed E-state index contributed by atoms with van der Waals surface area (Å²) in [5, 5.41) is 0. The molecule has 0 radical (unpaired) electrons. The van der Waals surface area contributed by atoms with E-state index in [1.54, 1.807) is 18.2 Å². The second kappa shape index (κ2) is 4.57. The van der Waals surface area contributed by atoms with E-state index >= 15 is 0 Å². The van der Waals surface area contributed by atoms with Crippen molar-refractivity contribution >= 4 is 15.9 Å². The summed E-state index contributed by atoms with van der Waals surface area (Å²) >= 11 is 3.17. The molecule has 0 atom stereocenters. The predicted octanol–water partition coefficient (Wildman–Crippen LogP) is 3.91. The minimum absolute atomic E-state index is 0.0723. The first-order valence-corrected chi connectivity index (χ1v) is 5.19. The Balaban J connectivity index is 2.27. The molecular formula is C11H6BrF2NO. The lowest BCUT2D eigenvalue weighted by atomic mass is 10.3.